The molecule has 28 heavy (non-hydrogen) atoms. The minimum absolute atomic E-state index is 0.223. The molecule has 1 aromatic heterocycles. The lowest BCUT2D eigenvalue weighted by molar-refractivity contribution is -0.138. The molecule has 0 saturated heterocycles. The fraction of sp³-hybridized carbons (Fsp3) is 0.238. The van der Waals surface area contributed by atoms with E-state index in [9.17, 15) is 4.79 Å². The van der Waals surface area contributed by atoms with Crippen LogP contribution in [-0.2, 0) is 17.9 Å². The second kappa shape index (κ2) is 9.43. The Bertz CT molecular complexity index is 927. The summed E-state index contributed by atoms with van der Waals surface area (Å²) in [7, 11) is 0. The first-order valence-corrected chi connectivity index (χ1v) is 9.50. The molecule has 0 bridgehead atoms. The summed E-state index contributed by atoms with van der Waals surface area (Å²) in [4.78, 5) is 15.6. The number of aromatic nitrogens is 1. The molecule has 0 aliphatic rings. The quantitative estimate of drug-likeness (QED) is 0.477. The first-order valence-electron chi connectivity index (χ1n) is 8.87. The fourth-order valence-corrected chi connectivity index (χ4v) is 2.92. The van der Waals surface area contributed by atoms with E-state index in [0.29, 0.717) is 18.2 Å². The number of nitrogens with zero attached hydrogens (tertiary/aromatic N) is 1. The maximum atomic E-state index is 11.1. The van der Waals surface area contributed by atoms with Crippen LogP contribution in [0.1, 0.15) is 17.0 Å². The largest absolute Gasteiger partial charge is 0.487 e. The van der Waals surface area contributed by atoms with Gasteiger partial charge in [0.2, 0.25) is 5.89 Å². The average Bonchev–Trinajstić information content (AvgIpc) is 3.08. The van der Waals surface area contributed by atoms with E-state index in [-0.39, 0.29) is 12.4 Å². The van der Waals surface area contributed by atoms with Crippen LogP contribution < -0.4 is 10.1 Å². The van der Waals surface area contributed by atoms with Crippen LogP contribution in [0, 0.1) is 6.92 Å². The summed E-state index contributed by atoms with van der Waals surface area (Å²) in [6.07, 6.45) is 0. The van der Waals surface area contributed by atoms with Crippen molar-refractivity contribution in [3.63, 3.8) is 0 Å². The molecule has 0 fully saturated rings. The number of benzene rings is 2. The highest BCUT2D eigenvalue weighted by atomic mass is 32.1. The van der Waals surface area contributed by atoms with Crippen molar-refractivity contribution in [2.45, 2.75) is 26.1 Å². The predicted octanol–water partition coefficient (Wildman–Crippen LogP) is 3.70. The average molecular weight is 398 g/mol. The second-order valence-corrected chi connectivity index (χ2v) is 6.64. The SMILES string of the molecule is Cc1oc(-c2ccccc2)nc1COc1cccc(CN[C@@H](CS)C(=O)O)c1. The van der Waals surface area contributed by atoms with Crippen LogP contribution in [0.5, 0.6) is 5.75 Å². The molecule has 6 nitrogen and oxygen atoms in total. The molecule has 0 spiro atoms. The van der Waals surface area contributed by atoms with E-state index in [1.807, 2.05) is 61.5 Å². The molecule has 1 atom stereocenters. The van der Waals surface area contributed by atoms with Gasteiger partial charge in [0, 0.05) is 17.9 Å². The molecule has 0 unspecified atom stereocenters. The van der Waals surface area contributed by atoms with Crippen LogP contribution in [0.2, 0.25) is 0 Å². The predicted molar refractivity (Wildman–Crippen MR) is 110 cm³/mol. The molecular formula is C21H22N2O4S. The number of thiol groups is 1. The van der Waals surface area contributed by atoms with Gasteiger partial charge in [-0.2, -0.15) is 12.6 Å². The van der Waals surface area contributed by atoms with Gasteiger partial charge in [-0.1, -0.05) is 30.3 Å². The number of hydrogen-bond donors (Lipinski definition) is 3. The number of hydrogen-bond acceptors (Lipinski definition) is 6. The molecule has 7 heteroatoms. The fourth-order valence-electron chi connectivity index (χ4n) is 2.63. The van der Waals surface area contributed by atoms with E-state index in [2.05, 4.69) is 22.9 Å². The van der Waals surface area contributed by atoms with Gasteiger partial charge < -0.3 is 14.3 Å². The van der Waals surface area contributed by atoms with Crippen LogP contribution in [0.25, 0.3) is 11.5 Å². The van der Waals surface area contributed by atoms with Crippen LogP contribution in [-0.4, -0.2) is 27.9 Å². The summed E-state index contributed by atoms with van der Waals surface area (Å²) in [6, 6.07) is 16.5. The Balaban J connectivity index is 1.62. The van der Waals surface area contributed by atoms with Gasteiger partial charge >= 0.3 is 5.97 Å². The van der Waals surface area contributed by atoms with Crippen LogP contribution in [0.15, 0.2) is 59.0 Å². The number of carboxylic acids is 1. The normalized spacial score (nSPS) is 11.9. The maximum Gasteiger partial charge on any atom is 0.321 e. The Morgan fingerprint density at radius 1 is 1.25 bits per heavy atom. The number of carboxylic acid groups (broad SMARTS) is 1. The number of oxazole rings is 1. The van der Waals surface area contributed by atoms with Gasteiger partial charge in [0.25, 0.3) is 0 Å². The van der Waals surface area contributed by atoms with Gasteiger partial charge in [-0.05, 0) is 36.8 Å². The van der Waals surface area contributed by atoms with E-state index in [1.54, 1.807) is 0 Å². The van der Waals surface area contributed by atoms with Crippen molar-refractivity contribution in [3.8, 4) is 17.2 Å². The molecule has 146 valence electrons. The highest BCUT2D eigenvalue weighted by Crippen LogP contribution is 2.23. The topological polar surface area (TPSA) is 84.6 Å². The third-order valence-electron chi connectivity index (χ3n) is 4.22. The summed E-state index contributed by atoms with van der Waals surface area (Å²) < 4.78 is 11.6. The number of carbonyl (C=O) groups is 1. The van der Waals surface area contributed by atoms with E-state index in [1.165, 1.54) is 0 Å². The van der Waals surface area contributed by atoms with E-state index in [4.69, 9.17) is 14.3 Å². The van der Waals surface area contributed by atoms with Gasteiger partial charge in [0.1, 0.15) is 29.9 Å². The van der Waals surface area contributed by atoms with Crippen molar-refractivity contribution in [1.29, 1.82) is 0 Å². The van der Waals surface area contributed by atoms with Crippen LogP contribution in [0.3, 0.4) is 0 Å². The maximum absolute atomic E-state index is 11.1. The third kappa shape index (κ3) is 5.15. The van der Waals surface area contributed by atoms with Gasteiger partial charge in [-0.15, -0.1) is 0 Å². The van der Waals surface area contributed by atoms with Gasteiger partial charge in [0.05, 0.1) is 0 Å². The van der Waals surface area contributed by atoms with Crippen LogP contribution >= 0.6 is 12.6 Å². The number of aryl methyl sites for hydroxylation is 1. The first kappa shape index (κ1) is 20.0. The molecule has 1 heterocycles. The van der Waals surface area contributed by atoms with Crippen molar-refractivity contribution in [3.05, 3.63) is 71.6 Å². The van der Waals surface area contributed by atoms with Gasteiger partial charge in [0.15, 0.2) is 0 Å². The Kier molecular flexibility index (Phi) is 6.73. The van der Waals surface area contributed by atoms with Crippen molar-refractivity contribution in [2.75, 3.05) is 5.75 Å². The number of rotatable bonds is 9. The number of nitrogens with one attached hydrogen (secondary N) is 1. The molecule has 2 aromatic carbocycles. The summed E-state index contributed by atoms with van der Waals surface area (Å²) in [6.45, 7) is 2.56. The highest BCUT2D eigenvalue weighted by Gasteiger charge is 2.15. The van der Waals surface area contributed by atoms with E-state index < -0.39 is 12.0 Å². The Labute approximate surface area is 169 Å². The van der Waals surface area contributed by atoms with Gasteiger partial charge in [-0.25, -0.2) is 4.98 Å². The lowest BCUT2D eigenvalue weighted by atomic mass is 10.2. The molecule has 0 radical (unpaired) electrons. The van der Waals surface area contributed by atoms with E-state index in [0.717, 1.165) is 22.6 Å². The molecule has 3 aromatic rings. The van der Waals surface area contributed by atoms with Crippen LogP contribution in [0.4, 0.5) is 0 Å². The second-order valence-electron chi connectivity index (χ2n) is 6.28. The zero-order chi connectivity index (χ0) is 19.9. The smallest absolute Gasteiger partial charge is 0.321 e. The number of aliphatic carboxylic acids is 1. The van der Waals surface area contributed by atoms with Crippen molar-refractivity contribution < 1.29 is 19.1 Å². The Morgan fingerprint density at radius 3 is 2.75 bits per heavy atom. The number of ether oxygens (including phenoxy) is 1. The summed E-state index contributed by atoms with van der Waals surface area (Å²) in [5, 5.41) is 12.0. The lowest BCUT2D eigenvalue weighted by Crippen LogP contribution is -2.37. The van der Waals surface area contributed by atoms with Crippen molar-refractivity contribution in [2.24, 2.45) is 0 Å². The highest BCUT2D eigenvalue weighted by molar-refractivity contribution is 7.80. The molecule has 0 amide bonds. The zero-order valence-electron chi connectivity index (χ0n) is 15.5. The molecule has 3 rings (SSSR count). The zero-order valence-corrected chi connectivity index (χ0v) is 16.4. The van der Waals surface area contributed by atoms with Crippen molar-refractivity contribution in [1.82, 2.24) is 10.3 Å². The minimum Gasteiger partial charge on any atom is -0.487 e. The third-order valence-corrected chi connectivity index (χ3v) is 4.59. The Morgan fingerprint density at radius 2 is 2.04 bits per heavy atom. The molecule has 0 aliphatic heterocycles. The summed E-state index contributed by atoms with van der Waals surface area (Å²) in [5.74, 6) is 1.27. The summed E-state index contributed by atoms with van der Waals surface area (Å²) >= 11 is 4.05. The Hall–Kier alpha value is -2.77. The molecule has 0 aliphatic carbocycles. The molecule has 2 N–H and O–H groups in total. The summed E-state index contributed by atoms with van der Waals surface area (Å²) in [5.41, 5.74) is 2.58. The first-order chi connectivity index (χ1) is 13.6. The van der Waals surface area contributed by atoms with E-state index >= 15 is 0 Å². The molecule has 0 saturated carbocycles. The van der Waals surface area contributed by atoms with Crippen molar-refractivity contribution >= 4 is 18.6 Å². The standard InChI is InChI=1S/C21H22N2O4S/c1-14-18(23-20(27-14)16-7-3-2-4-8-16)12-26-17-9-5-6-15(10-17)11-22-19(13-28)21(24)25/h2-10,19,22,28H,11-13H2,1H3,(H,24,25)/t19-/m0/s1. The minimum atomic E-state index is -0.918. The molecular weight excluding hydrogens is 376 g/mol. The lowest BCUT2D eigenvalue weighted by Gasteiger charge is -2.12. The monoisotopic (exact) mass is 398 g/mol. The van der Waals surface area contributed by atoms with Gasteiger partial charge in [-0.3, -0.25) is 10.1 Å².